The zero-order valence-electron chi connectivity index (χ0n) is 23.8. The second-order valence-electron chi connectivity index (χ2n) is 10.4. The van der Waals surface area contributed by atoms with Crippen molar-refractivity contribution in [3.8, 4) is 22.6 Å². The fraction of sp³-hybridized carbons (Fsp3) is 0.118. The first-order chi connectivity index (χ1) is 20.9. The molecule has 0 unspecified atom stereocenters. The topological polar surface area (TPSA) is 87.5 Å². The summed E-state index contributed by atoms with van der Waals surface area (Å²) in [4.78, 5) is 29.2. The van der Waals surface area contributed by atoms with Gasteiger partial charge < -0.3 is 15.5 Å². The van der Waals surface area contributed by atoms with Crippen molar-refractivity contribution < 1.29 is 9.18 Å². The number of carbonyl (C=O) groups excluding carboxylic acids is 1. The zero-order chi connectivity index (χ0) is 29.8. The van der Waals surface area contributed by atoms with Gasteiger partial charge in [-0.15, -0.1) is 0 Å². The molecule has 1 amide bonds. The lowest BCUT2D eigenvalue weighted by molar-refractivity contribution is 0.102. The van der Waals surface area contributed by atoms with Gasteiger partial charge in [0.1, 0.15) is 11.5 Å². The number of imidazole rings is 1. The van der Waals surface area contributed by atoms with E-state index in [9.17, 15) is 9.18 Å². The van der Waals surface area contributed by atoms with E-state index in [1.165, 1.54) is 17.7 Å². The zero-order valence-corrected chi connectivity index (χ0v) is 23.8. The number of rotatable bonds is 9. The highest BCUT2D eigenvalue weighted by Gasteiger charge is 2.19. The van der Waals surface area contributed by atoms with Crippen LogP contribution < -0.4 is 10.6 Å². The summed E-state index contributed by atoms with van der Waals surface area (Å²) in [6.45, 7) is 0.987. The number of nitrogens with zero attached hydrogens (tertiary/aromatic N) is 5. The molecule has 3 aromatic heterocycles. The van der Waals surface area contributed by atoms with Crippen molar-refractivity contribution in [2.45, 2.75) is 6.42 Å². The summed E-state index contributed by atoms with van der Waals surface area (Å²) in [5, 5.41) is 6.12. The standard InChI is InChI=1S/C34H30FN7O/c1-41(2)21-18-23-13-15-25(16-14-23)38-34-36-19-17-29(39-34)32-31(40-30-12-5-6-20-42(30)32)24-8-7-9-26(22-24)37-33(43)27-10-3-4-11-28(27)35/h3-17,19-20,22H,18,21H2,1-2H3,(H,37,43)(H,36,38,39). The number of benzene rings is 3. The molecule has 3 aromatic carbocycles. The van der Waals surface area contributed by atoms with Crippen molar-refractivity contribution >= 4 is 28.9 Å². The molecule has 0 aliphatic heterocycles. The van der Waals surface area contributed by atoms with Gasteiger partial charge in [0.15, 0.2) is 0 Å². The summed E-state index contributed by atoms with van der Waals surface area (Å²) in [5.41, 5.74) is 6.30. The first-order valence-corrected chi connectivity index (χ1v) is 13.9. The number of likely N-dealkylation sites (N-methyl/N-ethyl adjacent to an activating group) is 1. The molecule has 3 heterocycles. The molecule has 0 fully saturated rings. The SMILES string of the molecule is CN(C)CCc1ccc(Nc2nccc(-c3c(-c4cccc(NC(=O)c5ccccc5F)c4)nc4ccccn34)n2)cc1. The van der Waals surface area contributed by atoms with Crippen LogP contribution in [0.15, 0.2) is 109 Å². The molecule has 9 heteroatoms. The number of carbonyl (C=O) groups is 1. The second kappa shape index (κ2) is 12.2. The molecule has 6 rings (SSSR count). The molecule has 6 aromatic rings. The fourth-order valence-electron chi connectivity index (χ4n) is 4.82. The van der Waals surface area contributed by atoms with Gasteiger partial charge in [0.2, 0.25) is 5.95 Å². The highest BCUT2D eigenvalue weighted by atomic mass is 19.1. The smallest absolute Gasteiger partial charge is 0.258 e. The van der Waals surface area contributed by atoms with Gasteiger partial charge in [0, 0.05) is 35.9 Å². The number of nitrogens with one attached hydrogen (secondary N) is 2. The Labute approximate surface area is 248 Å². The van der Waals surface area contributed by atoms with Gasteiger partial charge in [-0.1, -0.05) is 42.5 Å². The first-order valence-electron chi connectivity index (χ1n) is 13.9. The number of fused-ring (bicyclic) bond motifs is 1. The Bertz CT molecular complexity index is 1900. The third kappa shape index (κ3) is 6.27. The maximum atomic E-state index is 14.2. The third-order valence-corrected chi connectivity index (χ3v) is 7.00. The van der Waals surface area contributed by atoms with E-state index in [1.54, 1.807) is 24.4 Å². The van der Waals surface area contributed by atoms with Crippen LogP contribution in [0.2, 0.25) is 0 Å². The number of aromatic nitrogens is 4. The van der Waals surface area contributed by atoms with Crippen molar-refractivity contribution in [2.24, 2.45) is 0 Å². The molecule has 0 saturated heterocycles. The molecule has 0 aliphatic rings. The molecule has 43 heavy (non-hydrogen) atoms. The van der Waals surface area contributed by atoms with E-state index in [2.05, 4.69) is 46.7 Å². The van der Waals surface area contributed by atoms with Crippen molar-refractivity contribution in [3.63, 3.8) is 0 Å². The van der Waals surface area contributed by atoms with Crippen LogP contribution in [0.3, 0.4) is 0 Å². The number of anilines is 3. The van der Waals surface area contributed by atoms with Gasteiger partial charge >= 0.3 is 0 Å². The molecule has 0 radical (unpaired) electrons. The number of amides is 1. The molecule has 0 saturated carbocycles. The van der Waals surface area contributed by atoms with E-state index < -0.39 is 11.7 Å². The van der Waals surface area contributed by atoms with Gasteiger partial charge in [-0.2, -0.15) is 0 Å². The van der Waals surface area contributed by atoms with E-state index in [-0.39, 0.29) is 5.56 Å². The van der Waals surface area contributed by atoms with E-state index in [1.807, 2.05) is 65.2 Å². The van der Waals surface area contributed by atoms with Crippen molar-refractivity contribution in [3.05, 3.63) is 126 Å². The van der Waals surface area contributed by atoms with Crippen molar-refractivity contribution in [1.29, 1.82) is 0 Å². The molecular formula is C34H30FN7O. The minimum Gasteiger partial charge on any atom is -0.324 e. The van der Waals surface area contributed by atoms with Gasteiger partial charge in [-0.3, -0.25) is 9.20 Å². The van der Waals surface area contributed by atoms with Crippen LogP contribution in [-0.2, 0) is 6.42 Å². The number of halogens is 1. The van der Waals surface area contributed by atoms with Crippen LogP contribution in [0.4, 0.5) is 21.7 Å². The van der Waals surface area contributed by atoms with Crippen LogP contribution >= 0.6 is 0 Å². The van der Waals surface area contributed by atoms with Gasteiger partial charge in [0.05, 0.1) is 22.6 Å². The van der Waals surface area contributed by atoms with Gasteiger partial charge in [0.25, 0.3) is 5.91 Å². The quantitative estimate of drug-likeness (QED) is 0.201. The molecule has 0 atom stereocenters. The second-order valence-corrected chi connectivity index (χ2v) is 10.4. The predicted molar refractivity (Wildman–Crippen MR) is 168 cm³/mol. The highest BCUT2D eigenvalue weighted by molar-refractivity contribution is 6.04. The van der Waals surface area contributed by atoms with Gasteiger partial charge in [-0.25, -0.2) is 19.3 Å². The minimum atomic E-state index is -0.577. The average Bonchev–Trinajstić information content (AvgIpc) is 3.41. The summed E-state index contributed by atoms with van der Waals surface area (Å²) in [5.74, 6) is -0.642. The Morgan fingerprint density at radius 3 is 2.51 bits per heavy atom. The summed E-state index contributed by atoms with van der Waals surface area (Å²) >= 11 is 0. The van der Waals surface area contributed by atoms with E-state index in [0.717, 1.165) is 35.6 Å². The van der Waals surface area contributed by atoms with Crippen molar-refractivity contribution in [2.75, 3.05) is 31.3 Å². The molecule has 0 bridgehead atoms. The number of pyridine rings is 1. The average molecular weight is 572 g/mol. The van der Waals surface area contributed by atoms with Crippen LogP contribution in [-0.4, -0.2) is 50.8 Å². The summed E-state index contributed by atoms with van der Waals surface area (Å²) < 4.78 is 16.2. The fourth-order valence-corrected chi connectivity index (χ4v) is 4.82. The lowest BCUT2D eigenvalue weighted by Crippen LogP contribution is -2.14. The third-order valence-electron chi connectivity index (χ3n) is 7.00. The Morgan fingerprint density at radius 2 is 1.70 bits per heavy atom. The first kappa shape index (κ1) is 27.7. The normalized spacial score (nSPS) is 11.2. The largest absolute Gasteiger partial charge is 0.324 e. The highest BCUT2D eigenvalue weighted by Crippen LogP contribution is 2.33. The molecule has 2 N–H and O–H groups in total. The van der Waals surface area contributed by atoms with Crippen molar-refractivity contribution in [1.82, 2.24) is 24.3 Å². The lowest BCUT2D eigenvalue weighted by atomic mass is 10.1. The number of hydrogen-bond acceptors (Lipinski definition) is 6. The molecule has 0 spiro atoms. The molecule has 0 aliphatic carbocycles. The number of hydrogen-bond donors (Lipinski definition) is 2. The van der Waals surface area contributed by atoms with E-state index >= 15 is 0 Å². The predicted octanol–water partition coefficient (Wildman–Crippen LogP) is 6.70. The maximum Gasteiger partial charge on any atom is 0.258 e. The van der Waals surface area contributed by atoms with E-state index in [0.29, 0.717) is 23.0 Å². The van der Waals surface area contributed by atoms with E-state index in [4.69, 9.17) is 9.97 Å². The Kier molecular flexibility index (Phi) is 7.88. The summed E-state index contributed by atoms with van der Waals surface area (Å²) in [6.07, 6.45) is 4.63. The monoisotopic (exact) mass is 571 g/mol. The minimum absolute atomic E-state index is 0.0226. The van der Waals surface area contributed by atoms with Crippen LogP contribution in [0.1, 0.15) is 15.9 Å². The Morgan fingerprint density at radius 1 is 0.884 bits per heavy atom. The molecule has 8 nitrogen and oxygen atoms in total. The lowest BCUT2D eigenvalue weighted by Gasteiger charge is -2.11. The van der Waals surface area contributed by atoms with Crippen LogP contribution in [0, 0.1) is 5.82 Å². The Balaban J connectivity index is 1.31. The Hall–Kier alpha value is -5.41. The van der Waals surface area contributed by atoms with Crippen LogP contribution in [0.5, 0.6) is 0 Å². The van der Waals surface area contributed by atoms with Crippen LogP contribution in [0.25, 0.3) is 28.3 Å². The maximum absolute atomic E-state index is 14.2. The molecular weight excluding hydrogens is 541 g/mol. The summed E-state index contributed by atoms with van der Waals surface area (Å²) in [6, 6.07) is 29.1. The molecule has 214 valence electrons. The summed E-state index contributed by atoms with van der Waals surface area (Å²) in [7, 11) is 4.14. The van der Waals surface area contributed by atoms with Gasteiger partial charge in [-0.05, 0) is 80.7 Å².